The van der Waals surface area contributed by atoms with E-state index in [1.54, 1.807) is 0 Å². The summed E-state index contributed by atoms with van der Waals surface area (Å²) in [6, 6.07) is 21.1. The van der Waals surface area contributed by atoms with E-state index in [1.807, 2.05) is 46.3 Å². The van der Waals surface area contributed by atoms with Gasteiger partial charge in [-0.25, -0.2) is 0 Å². The van der Waals surface area contributed by atoms with E-state index in [1.165, 1.54) is 17.5 Å². The second kappa shape index (κ2) is 6.50. The van der Waals surface area contributed by atoms with E-state index in [2.05, 4.69) is 58.7 Å². The molecule has 0 bridgehead atoms. The van der Waals surface area contributed by atoms with Gasteiger partial charge in [-0.15, -0.1) is 0 Å². The molecule has 2 aromatic carbocycles. The predicted octanol–water partition coefficient (Wildman–Crippen LogP) is 2.09. The third-order valence-electron chi connectivity index (χ3n) is 3.87. The van der Waals surface area contributed by atoms with Crippen LogP contribution in [-0.2, 0) is 24.6 Å². The van der Waals surface area contributed by atoms with E-state index in [9.17, 15) is 0 Å². The zero-order chi connectivity index (χ0) is 15.5. The minimum absolute atomic E-state index is 1.20. The summed E-state index contributed by atoms with van der Waals surface area (Å²) in [5.41, 5.74) is 2.41. The average Bonchev–Trinajstić information content (AvgIpc) is 3.30. The summed E-state index contributed by atoms with van der Waals surface area (Å²) in [6.07, 6.45) is 7.66. The van der Waals surface area contributed by atoms with Crippen LogP contribution in [0.3, 0.4) is 0 Å². The first-order valence-corrected chi connectivity index (χ1v) is 13.1. The van der Waals surface area contributed by atoms with E-state index < -0.39 is 24.6 Å². The van der Waals surface area contributed by atoms with E-state index >= 15 is 0 Å². The van der Waals surface area contributed by atoms with Crippen LogP contribution in [0, 0.1) is 0 Å². The Hall–Kier alpha value is -2.20. The first-order valence-electron chi connectivity index (χ1n) is 7.58. The van der Waals surface area contributed by atoms with Crippen LogP contribution in [0.25, 0.3) is 11.4 Å². The Balaban J connectivity index is 1.76. The van der Waals surface area contributed by atoms with Crippen LogP contribution in [0.4, 0.5) is 0 Å². The minimum atomic E-state index is -1.55. The molecule has 0 aliphatic rings. The zero-order valence-electron chi connectivity index (χ0n) is 12.6. The van der Waals surface area contributed by atoms with Gasteiger partial charge in [0.05, 0.1) is 0 Å². The Labute approximate surface area is 146 Å². The van der Waals surface area contributed by atoms with Gasteiger partial charge in [0.25, 0.3) is 0 Å². The SMILES string of the molecule is c1ccc(-n2cccn2)[c]([Hg][c]2ccccc2-n2cccn2)c1. The second-order valence-electron chi connectivity index (χ2n) is 5.34. The molecule has 2 aromatic heterocycles. The summed E-state index contributed by atoms with van der Waals surface area (Å²) in [6.45, 7) is 0. The van der Waals surface area contributed by atoms with Crippen molar-refractivity contribution in [3.05, 3.63) is 85.5 Å². The molecule has 0 N–H and O–H groups in total. The van der Waals surface area contributed by atoms with Gasteiger partial charge in [-0.2, -0.15) is 0 Å². The molecule has 0 spiro atoms. The molecular formula is C18H14HgN4. The van der Waals surface area contributed by atoms with E-state index in [0.29, 0.717) is 0 Å². The third-order valence-corrected chi connectivity index (χ3v) is 11.5. The fourth-order valence-electron chi connectivity index (χ4n) is 2.80. The van der Waals surface area contributed by atoms with Gasteiger partial charge in [-0.1, -0.05) is 0 Å². The van der Waals surface area contributed by atoms with Gasteiger partial charge in [0.2, 0.25) is 0 Å². The maximum atomic E-state index is 4.40. The van der Waals surface area contributed by atoms with Gasteiger partial charge in [-0.05, 0) is 0 Å². The van der Waals surface area contributed by atoms with E-state index in [-0.39, 0.29) is 0 Å². The quantitative estimate of drug-likeness (QED) is 0.414. The number of hydrogen-bond acceptors (Lipinski definition) is 2. The molecule has 0 fully saturated rings. The molecule has 2 heterocycles. The topological polar surface area (TPSA) is 35.6 Å². The molecule has 0 saturated carbocycles. The van der Waals surface area contributed by atoms with Gasteiger partial charge < -0.3 is 0 Å². The first-order chi connectivity index (χ1) is 11.4. The maximum absolute atomic E-state index is 4.40. The Morgan fingerprint density at radius 3 is 1.52 bits per heavy atom. The zero-order valence-corrected chi connectivity index (χ0v) is 18.1. The van der Waals surface area contributed by atoms with Crippen LogP contribution in [-0.4, -0.2) is 19.6 Å². The van der Waals surface area contributed by atoms with Crippen molar-refractivity contribution in [3.8, 4) is 11.4 Å². The molecule has 4 nitrogen and oxygen atoms in total. The van der Waals surface area contributed by atoms with Crippen molar-refractivity contribution in [2.24, 2.45) is 0 Å². The van der Waals surface area contributed by atoms with E-state index in [4.69, 9.17) is 0 Å². The van der Waals surface area contributed by atoms with E-state index in [0.717, 1.165) is 0 Å². The van der Waals surface area contributed by atoms with Crippen molar-refractivity contribution < 1.29 is 24.6 Å². The van der Waals surface area contributed by atoms with Gasteiger partial charge in [0.1, 0.15) is 0 Å². The second-order valence-corrected chi connectivity index (χ2v) is 12.6. The summed E-state index contributed by atoms with van der Waals surface area (Å²) in [5.74, 6) is 0. The predicted molar refractivity (Wildman–Crippen MR) is 86.4 cm³/mol. The molecule has 0 atom stereocenters. The van der Waals surface area contributed by atoms with Crippen molar-refractivity contribution in [1.82, 2.24) is 19.6 Å². The van der Waals surface area contributed by atoms with Gasteiger partial charge in [0.15, 0.2) is 0 Å². The molecule has 5 heteroatoms. The molecule has 108 valence electrons. The van der Waals surface area contributed by atoms with Gasteiger partial charge in [0, 0.05) is 0 Å². The molecule has 23 heavy (non-hydrogen) atoms. The Morgan fingerprint density at radius 2 is 1.09 bits per heavy atom. The third kappa shape index (κ3) is 2.99. The Bertz CT molecular complexity index is 823. The summed E-state index contributed by atoms with van der Waals surface area (Å²) >= 11 is -1.55. The summed E-state index contributed by atoms with van der Waals surface area (Å²) in [5, 5.41) is 8.79. The van der Waals surface area contributed by atoms with Gasteiger partial charge in [-0.3, -0.25) is 0 Å². The van der Waals surface area contributed by atoms with Crippen LogP contribution in [0.5, 0.6) is 0 Å². The molecule has 4 aromatic rings. The molecule has 0 saturated heterocycles. The van der Waals surface area contributed by atoms with Crippen LogP contribution < -0.4 is 6.14 Å². The fourth-order valence-corrected chi connectivity index (χ4v) is 9.95. The summed E-state index contributed by atoms with van der Waals surface area (Å²) in [7, 11) is 0. The molecular weight excluding hydrogens is 473 g/mol. The average molecular weight is 487 g/mol. The van der Waals surface area contributed by atoms with Crippen molar-refractivity contribution in [2.75, 3.05) is 0 Å². The summed E-state index contributed by atoms with van der Waals surface area (Å²) in [4.78, 5) is 0. The van der Waals surface area contributed by atoms with Crippen LogP contribution in [0.15, 0.2) is 85.5 Å². The molecule has 0 radical (unpaired) electrons. The molecule has 0 unspecified atom stereocenters. The van der Waals surface area contributed by atoms with Crippen molar-refractivity contribution >= 4 is 6.14 Å². The number of aromatic nitrogens is 4. The fraction of sp³-hybridized carbons (Fsp3) is 0. The Morgan fingerprint density at radius 1 is 0.609 bits per heavy atom. The normalized spacial score (nSPS) is 10.4. The monoisotopic (exact) mass is 488 g/mol. The van der Waals surface area contributed by atoms with Gasteiger partial charge >= 0.3 is 147 Å². The number of para-hydroxylation sites is 2. The molecule has 0 aliphatic carbocycles. The van der Waals surface area contributed by atoms with Crippen molar-refractivity contribution in [3.63, 3.8) is 0 Å². The van der Waals surface area contributed by atoms with Crippen LogP contribution in [0.1, 0.15) is 0 Å². The standard InChI is InChI=1S/2C9H7N2.Hg/c2*1-2-5-9(6-3-1)11-8-4-7-10-11;/h2*1-5,7-8H;. The number of nitrogens with zero attached hydrogens (tertiary/aromatic N) is 4. The number of hydrogen-bond donors (Lipinski definition) is 0. The number of benzene rings is 2. The van der Waals surface area contributed by atoms with Crippen LogP contribution in [0.2, 0.25) is 0 Å². The summed E-state index contributed by atoms with van der Waals surface area (Å²) < 4.78 is 6.84. The molecule has 0 aliphatic heterocycles. The van der Waals surface area contributed by atoms with Crippen molar-refractivity contribution in [1.29, 1.82) is 0 Å². The number of rotatable bonds is 4. The van der Waals surface area contributed by atoms with Crippen LogP contribution >= 0.6 is 0 Å². The van der Waals surface area contributed by atoms with Crippen molar-refractivity contribution in [2.45, 2.75) is 0 Å². The Kier molecular flexibility index (Phi) is 4.07. The molecule has 4 rings (SSSR count). The first kappa shape index (κ1) is 14.4. The molecule has 0 amide bonds.